The first kappa shape index (κ1) is 23.4. The first-order valence-electron chi connectivity index (χ1n) is 10.2. The largest absolute Gasteiger partial charge is 0.478 e. The van der Waals surface area contributed by atoms with E-state index in [4.69, 9.17) is 5.11 Å². The van der Waals surface area contributed by atoms with Crippen LogP contribution in [0.5, 0.6) is 0 Å². The number of benzene rings is 1. The third-order valence-corrected chi connectivity index (χ3v) is 5.93. The number of aromatic carboxylic acids is 1. The molecule has 0 radical (unpaired) electrons. The van der Waals surface area contributed by atoms with Gasteiger partial charge in [-0.05, 0) is 49.9 Å². The Balaban J connectivity index is 1.93. The van der Waals surface area contributed by atoms with Gasteiger partial charge in [-0.25, -0.2) is 4.79 Å². The minimum Gasteiger partial charge on any atom is -0.478 e. The van der Waals surface area contributed by atoms with E-state index in [0.29, 0.717) is 5.56 Å². The Kier molecular flexibility index (Phi) is 13.4. The quantitative estimate of drug-likeness (QED) is 0.282. The van der Waals surface area contributed by atoms with Crippen LogP contribution in [0, 0.1) is 0 Å². The van der Waals surface area contributed by atoms with E-state index >= 15 is 0 Å². The molecular formula is C22H35NO3S. The topological polar surface area (TPSA) is 66.4 Å². The number of hydrogen-bond donors (Lipinski definition) is 2. The van der Waals surface area contributed by atoms with Gasteiger partial charge >= 0.3 is 5.97 Å². The van der Waals surface area contributed by atoms with Crippen molar-refractivity contribution in [3.63, 3.8) is 0 Å². The summed E-state index contributed by atoms with van der Waals surface area (Å²) in [6.45, 7) is 2.89. The Hall–Kier alpha value is -1.62. The molecule has 0 bridgehead atoms. The van der Waals surface area contributed by atoms with Crippen LogP contribution in [0.4, 0.5) is 5.69 Å². The molecule has 1 rings (SSSR count). The fourth-order valence-corrected chi connectivity index (χ4v) is 4.09. The Morgan fingerprint density at radius 3 is 2.26 bits per heavy atom. The van der Waals surface area contributed by atoms with E-state index in [1.165, 1.54) is 32.1 Å². The number of unbranched alkanes of at least 4 members (excludes halogenated alkanes) is 7. The van der Waals surface area contributed by atoms with Crippen molar-refractivity contribution in [2.75, 3.05) is 23.4 Å². The van der Waals surface area contributed by atoms with Crippen molar-refractivity contribution in [2.45, 2.75) is 64.7 Å². The SMILES string of the molecule is CCCCS(=O)CCCCCCCCC=CCNc1ccc(C(=O)O)cc1. The maximum absolute atomic E-state index is 11.7. The summed E-state index contributed by atoms with van der Waals surface area (Å²) in [6.07, 6.45) is 15.0. The molecule has 0 saturated carbocycles. The number of allylic oxidation sites excluding steroid dienone is 1. The van der Waals surface area contributed by atoms with Gasteiger partial charge in [0.1, 0.15) is 0 Å². The summed E-state index contributed by atoms with van der Waals surface area (Å²) in [5.74, 6) is 0.864. The fraction of sp³-hybridized carbons (Fsp3) is 0.591. The maximum Gasteiger partial charge on any atom is 0.335 e. The third kappa shape index (κ3) is 12.4. The molecule has 0 spiro atoms. The Bertz CT molecular complexity index is 569. The lowest BCUT2D eigenvalue weighted by atomic mass is 10.1. The average molecular weight is 394 g/mol. The van der Waals surface area contributed by atoms with Gasteiger partial charge in [-0.3, -0.25) is 4.21 Å². The number of carbonyl (C=O) groups is 1. The second kappa shape index (κ2) is 15.4. The van der Waals surface area contributed by atoms with E-state index in [1.54, 1.807) is 24.3 Å². The van der Waals surface area contributed by atoms with Crippen molar-refractivity contribution in [1.82, 2.24) is 0 Å². The zero-order chi connectivity index (χ0) is 19.7. The van der Waals surface area contributed by atoms with Crippen LogP contribution in [0.15, 0.2) is 36.4 Å². The summed E-state index contributed by atoms with van der Waals surface area (Å²) in [6, 6.07) is 6.79. The van der Waals surface area contributed by atoms with E-state index < -0.39 is 16.8 Å². The third-order valence-electron chi connectivity index (χ3n) is 4.44. The molecule has 0 heterocycles. The lowest BCUT2D eigenvalue weighted by Crippen LogP contribution is -2.02. The zero-order valence-corrected chi connectivity index (χ0v) is 17.4. The lowest BCUT2D eigenvalue weighted by Gasteiger charge is -2.03. The zero-order valence-electron chi connectivity index (χ0n) is 16.6. The summed E-state index contributed by atoms with van der Waals surface area (Å²) in [5, 5.41) is 12.1. The van der Waals surface area contributed by atoms with Gasteiger partial charge in [-0.15, -0.1) is 0 Å². The number of nitrogens with one attached hydrogen (secondary N) is 1. The molecule has 5 heteroatoms. The van der Waals surface area contributed by atoms with Gasteiger partial charge in [-0.1, -0.05) is 51.2 Å². The normalized spacial score (nSPS) is 12.3. The molecular weight excluding hydrogens is 358 g/mol. The Morgan fingerprint density at radius 1 is 0.963 bits per heavy atom. The summed E-state index contributed by atoms with van der Waals surface area (Å²) in [7, 11) is -0.592. The minimum atomic E-state index is -0.900. The molecule has 1 aromatic carbocycles. The molecule has 0 aliphatic heterocycles. The standard InChI is InChI=1S/C22H35NO3S/c1-2-3-18-27(26)19-12-10-8-6-4-5-7-9-11-17-23-21-15-13-20(14-16-21)22(24)25/h9,11,13-16,23H,2-8,10,12,17-19H2,1H3,(H,24,25). The van der Waals surface area contributed by atoms with Crippen LogP contribution < -0.4 is 5.32 Å². The van der Waals surface area contributed by atoms with Crippen LogP contribution in [-0.2, 0) is 10.8 Å². The number of anilines is 1. The number of carboxylic acids is 1. The van der Waals surface area contributed by atoms with Crippen molar-refractivity contribution in [3.8, 4) is 0 Å². The molecule has 1 unspecified atom stereocenters. The molecule has 4 nitrogen and oxygen atoms in total. The molecule has 152 valence electrons. The van der Waals surface area contributed by atoms with E-state index in [-0.39, 0.29) is 0 Å². The van der Waals surface area contributed by atoms with Crippen LogP contribution in [-0.4, -0.2) is 33.3 Å². The second-order valence-electron chi connectivity index (χ2n) is 6.85. The lowest BCUT2D eigenvalue weighted by molar-refractivity contribution is 0.0697. The monoisotopic (exact) mass is 393 g/mol. The van der Waals surface area contributed by atoms with Gasteiger partial charge in [0.15, 0.2) is 0 Å². The van der Waals surface area contributed by atoms with E-state index in [1.807, 2.05) is 0 Å². The maximum atomic E-state index is 11.7. The first-order valence-corrected chi connectivity index (χ1v) is 11.7. The molecule has 1 aromatic rings. The van der Waals surface area contributed by atoms with Gasteiger partial charge in [0.05, 0.1) is 5.56 Å². The highest BCUT2D eigenvalue weighted by molar-refractivity contribution is 7.84. The highest BCUT2D eigenvalue weighted by Crippen LogP contribution is 2.10. The molecule has 0 amide bonds. The van der Waals surface area contributed by atoms with E-state index in [0.717, 1.165) is 49.4 Å². The highest BCUT2D eigenvalue weighted by atomic mass is 32.2. The van der Waals surface area contributed by atoms with Crippen molar-refractivity contribution >= 4 is 22.5 Å². The van der Waals surface area contributed by atoms with Gasteiger partial charge in [0.2, 0.25) is 0 Å². The Morgan fingerprint density at radius 2 is 1.59 bits per heavy atom. The summed E-state index contributed by atoms with van der Waals surface area (Å²) >= 11 is 0. The van der Waals surface area contributed by atoms with Crippen molar-refractivity contribution in [2.24, 2.45) is 0 Å². The van der Waals surface area contributed by atoms with E-state index in [9.17, 15) is 9.00 Å². The van der Waals surface area contributed by atoms with Crippen molar-refractivity contribution < 1.29 is 14.1 Å². The minimum absolute atomic E-state index is 0.306. The van der Waals surface area contributed by atoms with Gasteiger partial charge < -0.3 is 10.4 Å². The van der Waals surface area contributed by atoms with Crippen LogP contribution >= 0.6 is 0 Å². The molecule has 1 atom stereocenters. The molecule has 27 heavy (non-hydrogen) atoms. The average Bonchev–Trinajstić information content (AvgIpc) is 2.67. The van der Waals surface area contributed by atoms with Crippen molar-refractivity contribution in [3.05, 3.63) is 42.0 Å². The van der Waals surface area contributed by atoms with Crippen molar-refractivity contribution in [1.29, 1.82) is 0 Å². The van der Waals surface area contributed by atoms with Crippen LogP contribution in [0.3, 0.4) is 0 Å². The molecule has 0 saturated heterocycles. The molecule has 2 N–H and O–H groups in total. The number of carboxylic acid groups (broad SMARTS) is 1. The van der Waals surface area contributed by atoms with E-state index in [2.05, 4.69) is 24.4 Å². The smallest absolute Gasteiger partial charge is 0.335 e. The Labute approximate surface area is 166 Å². The van der Waals surface area contributed by atoms with Crippen LogP contribution in [0.2, 0.25) is 0 Å². The molecule has 0 aliphatic rings. The molecule has 0 fully saturated rings. The van der Waals surface area contributed by atoms with Crippen LogP contribution in [0.1, 0.15) is 75.1 Å². The highest BCUT2D eigenvalue weighted by Gasteiger charge is 2.00. The van der Waals surface area contributed by atoms with Gasteiger partial charge in [-0.2, -0.15) is 0 Å². The first-order chi connectivity index (χ1) is 13.1. The number of rotatable bonds is 16. The van der Waals surface area contributed by atoms with Crippen LogP contribution in [0.25, 0.3) is 0 Å². The fourth-order valence-electron chi connectivity index (χ4n) is 2.75. The molecule has 0 aliphatic carbocycles. The molecule has 0 aromatic heterocycles. The summed E-state index contributed by atoms with van der Waals surface area (Å²) in [5.41, 5.74) is 1.24. The predicted octanol–water partition coefficient (Wildman–Crippen LogP) is 5.63. The van der Waals surface area contributed by atoms with Gasteiger partial charge in [0, 0.05) is 34.5 Å². The summed E-state index contributed by atoms with van der Waals surface area (Å²) < 4.78 is 11.7. The predicted molar refractivity (Wildman–Crippen MR) is 116 cm³/mol. The summed E-state index contributed by atoms with van der Waals surface area (Å²) in [4.78, 5) is 10.8. The van der Waals surface area contributed by atoms with Gasteiger partial charge in [0.25, 0.3) is 0 Å². The second-order valence-corrected chi connectivity index (χ2v) is 8.54. The number of hydrogen-bond acceptors (Lipinski definition) is 3.